The molecule has 0 amide bonds. The van der Waals surface area contributed by atoms with Crippen molar-refractivity contribution in [2.45, 2.75) is 37.9 Å². The Morgan fingerprint density at radius 3 is 2.50 bits per heavy atom. The molecular weight excluding hydrogens is 307 g/mol. The van der Waals surface area contributed by atoms with Crippen molar-refractivity contribution >= 4 is 15.9 Å². The lowest BCUT2D eigenvalue weighted by Crippen LogP contribution is -2.23. The van der Waals surface area contributed by atoms with E-state index in [9.17, 15) is 13.2 Å². The van der Waals surface area contributed by atoms with Gasteiger partial charge in [0.05, 0.1) is 5.56 Å². The lowest BCUT2D eigenvalue weighted by atomic mass is 9.79. The van der Waals surface area contributed by atoms with Crippen molar-refractivity contribution in [1.82, 2.24) is 0 Å². The van der Waals surface area contributed by atoms with E-state index in [0.717, 1.165) is 18.9 Å². The largest absolute Gasteiger partial charge is 0.416 e. The van der Waals surface area contributed by atoms with Crippen LogP contribution in [0.2, 0.25) is 0 Å². The first-order valence-corrected chi connectivity index (χ1v) is 6.79. The minimum Gasteiger partial charge on any atom is -0.324 e. The smallest absolute Gasteiger partial charge is 0.324 e. The Kier molecular flexibility index (Phi) is 4.02. The Hall–Kier alpha value is -0.550. The Labute approximate surface area is 113 Å². The van der Waals surface area contributed by atoms with Crippen LogP contribution in [0.4, 0.5) is 13.2 Å². The first-order valence-electron chi connectivity index (χ1n) is 6.00. The fourth-order valence-corrected chi connectivity index (χ4v) is 2.67. The molecule has 0 aliphatic heterocycles. The topological polar surface area (TPSA) is 26.0 Å². The Morgan fingerprint density at radius 1 is 1.33 bits per heavy atom. The van der Waals surface area contributed by atoms with Gasteiger partial charge in [0.25, 0.3) is 0 Å². The summed E-state index contributed by atoms with van der Waals surface area (Å²) in [6.07, 6.45) is -0.359. The molecule has 18 heavy (non-hydrogen) atoms. The van der Waals surface area contributed by atoms with E-state index in [1.807, 2.05) is 0 Å². The van der Waals surface area contributed by atoms with Gasteiger partial charge < -0.3 is 5.73 Å². The van der Waals surface area contributed by atoms with Gasteiger partial charge in [0.15, 0.2) is 0 Å². The van der Waals surface area contributed by atoms with Crippen LogP contribution < -0.4 is 5.73 Å². The Bertz CT molecular complexity index is 427. The molecule has 0 aromatic heterocycles. The standard InChI is InChI=1S/C13H15BrF3N/c14-9-4-5-10(11(7-9)13(15,16)17)12(18)6-8-2-1-3-8/h4-5,7-8,12H,1-3,6,18H2. The molecule has 5 heteroatoms. The number of rotatable bonds is 3. The first-order chi connectivity index (χ1) is 8.38. The summed E-state index contributed by atoms with van der Waals surface area (Å²) in [7, 11) is 0. The van der Waals surface area contributed by atoms with Crippen molar-refractivity contribution in [2.75, 3.05) is 0 Å². The highest BCUT2D eigenvalue weighted by molar-refractivity contribution is 9.10. The number of hydrogen-bond acceptors (Lipinski definition) is 1. The molecule has 1 aliphatic rings. The van der Waals surface area contributed by atoms with Crippen molar-refractivity contribution in [1.29, 1.82) is 0 Å². The zero-order valence-corrected chi connectivity index (χ0v) is 11.4. The number of nitrogens with two attached hydrogens (primary N) is 1. The van der Waals surface area contributed by atoms with Crippen LogP contribution in [0.1, 0.15) is 42.9 Å². The van der Waals surface area contributed by atoms with Crippen molar-refractivity contribution in [2.24, 2.45) is 11.7 Å². The van der Waals surface area contributed by atoms with Crippen LogP contribution in [0.25, 0.3) is 0 Å². The molecule has 0 heterocycles. The average Bonchev–Trinajstić information content (AvgIpc) is 2.22. The van der Waals surface area contributed by atoms with Crippen LogP contribution in [0.5, 0.6) is 0 Å². The molecule has 0 bridgehead atoms. The molecule has 1 aromatic rings. The summed E-state index contributed by atoms with van der Waals surface area (Å²) in [4.78, 5) is 0. The molecule has 100 valence electrons. The second kappa shape index (κ2) is 5.21. The van der Waals surface area contributed by atoms with E-state index in [2.05, 4.69) is 15.9 Å². The van der Waals surface area contributed by atoms with E-state index in [1.54, 1.807) is 6.07 Å². The van der Waals surface area contributed by atoms with Gasteiger partial charge in [0.2, 0.25) is 0 Å². The van der Waals surface area contributed by atoms with Crippen LogP contribution in [-0.4, -0.2) is 0 Å². The number of halogens is 4. The summed E-state index contributed by atoms with van der Waals surface area (Å²) in [5.74, 6) is 0.490. The fraction of sp³-hybridized carbons (Fsp3) is 0.538. The van der Waals surface area contributed by atoms with Gasteiger partial charge in [-0.2, -0.15) is 13.2 Å². The van der Waals surface area contributed by atoms with E-state index < -0.39 is 17.8 Å². The van der Waals surface area contributed by atoms with Gasteiger partial charge in [0.1, 0.15) is 0 Å². The molecule has 1 saturated carbocycles. The van der Waals surface area contributed by atoms with E-state index in [-0.39, 0.29) is 5.56 Å². The van der Waals surface area contributed by atoms with Crippen molar-refractivity contribution in [3.63, 3.8) is 0 Å². The number of hydrogen-bond donors (Lipinski definition) is 1. The van der Waals surface area contributed by atoms with E-state index in [4.69, 9.17) is 5.73 Å². The van der Waals surface area contributed by atoms with Crippen LogP contribution in [0.15, 0.2) is 22.7 Å². The Balaban J connectivity index is 2.25. The van der Waals surface area contributed by atoms with Gasteiger partial charge in [-0.15, -0.1) is 0 Å². The molecule has 2 N–H and O–H groups in total. The number of alkyl halides is 3. The normalized spacial score (nSPS) is 18.5. The van der Waals surface area contributed by atoms with Gasteiger partial charge in [-0.1, -0.05) is 41.3 Å². The second-order valence-electron chi connectivity index (χ2n) is 4.87. The minimum absolute atomic E-state index is 0.206. The predicted octanol–water partition coefficient (Wildman–Crippen LogP) is 4.66. The van der Waals surface area contributed by atoms with Crippen LogP contribution in [0, 0.1) is 5.92 Å². The van der Waals surface area contributed by atoms with Crippen molar-refractivity contribution < 1.29 is 13.2 Å². The maximum atomic E-state index is 12.9. The lowest BCUT2D eigenvalue weighted by Gasteiger charge is -2.29. The van der Waals surface area contributed by atoms with Crippen LogP contribution >= 0.6 is 15.9 Å². The van der Waals surface area contributed by atoms with E-state index >= 15 is 0 Å². The quantitative estimate of drug-likeness (QED) is 0.861. The SMILES string of the molecule is NC(CC1CCC1)c1ccc(Br)cc1C(F)(F)F. The maximum absolute atomic E-state index is 12.9. The van der Waals surface area contributed by atoms with Gasteiger partial charge in [0, 0.05) is 10.5 Å². The highest BCUT2D eigenvalue weighted by atomic mass is 79.9. The lowest BCUT2D eigenvalue weighted by molar-refractivity contribution is -0.138. The van der Waals surface area contributed by atoms with Crippen molar-refractivity contribution in [3.8, 4) is 0 Å². The molecular formula is C13H15BrF3N. The maximum Gasteiger partial charge on any atom is 0.416 e. The monoisotopic (exact) mass is 321 g/mol. The molecule has 1 aromatic carbocycles. The summed E-state index contributed by atoms with van der Waals surface area (Å²) in [5, 5.41) is 0. The summed E-state index contributed by atoms with van der Waals surface area (Å²) in [6.45, 7) is 0. The second-order valence-corrected chi connectivity index (χ2v) is 5.78. The highest BCUT2D eigenvalue weighted by Gasteiger charge is 2.35. The molecule has 1 nitrogen and oxygen atoms in total. The third-order valence-electron chi connectivity index (χ3n) is 3.53. The van der Waals surface area contributed by atoms with Gasteiger partial charge in [-0.25, -0.2) is 0 Å². The zero-order chi connectivity index (χ0) is 13.3. The summed E-state index contributed by atoms with van der Waals surface area (Å²) < 4.78 is 39.3. The van der Waals surface area contributed by atoms with E-state index in [1.165, 1.54) is 12.5 Å². The highest BCUT2D eigenvalue weighted by Crippen LogP contribution is 2.39. The van der Waals surface area contributed by atoms with Crippen molar-refractivity contribution in [3.05, 3.63) is 33.8 Å². The first kappa shape index (κ1) is 13.9. The van der Waals surface area contributed by atoms with Gasteiger partial charge in [-0.3, -0.25) is 0 Å². The summed E-state index contributed by atoms with van der Waals surface area (Å²) in [5.41, 5.74) is 5.52. The zero-order valence-electron chi connectivity index (χ0n) is 9.80. The van der Waals surface area contributed by atoms with Gasteiger partial charge >= 0.3 is 6.18 Å². The average molecular weight is 322 g/mol. The molecule has 1 unspecified atom stereocenters. The van der Waals surface area contributed by atoms with Gasteiger partial charge in [-0.05, 0) is 30.0 Å². The molecule has 1 atom stereocenters. The molecule has 1 aliphatic carbocycles. The summed E-state index contributed by atoms with van der Waals surface area (Å²) in [6, 6.07) is 3.68. The molecule has 0 radical (unpaired) electrons. The predicted molar refractivity (Wildman–Crippen MR) is 68.0 cm³/mol. The third-order valence-corrected chi connectivity index (χ3v) is 4.03. The number of benzene rings is 1. The molecule has 0 spiro atoms. The molecule has 1 fully saturated rings. The fourth-order valence-electron chi connectivity index (χ4n) is 2.31. The third kappa shape index (κ3) is 3.06. The van der Waals surface area contributed by atoms with Crippen LogP contribution in [0.3, 0.4) is 0 Å². The molecule has 2 rings (SSSR count). The minimum atomic E-state index is -4.35. The molecule has 0 saturated heterocycles. The Morgan fingerprint density at radius 2 is 2.00 bits per heavy atom. The van der Waals surface area contributed by atoms with E-state index in [0.29, 0.717) is 16.8 Å². The van der Waals surface area contributed by atoms with Crippen LogP contribution in [-0.2, 0) is 6.18 Å². The summed E-state index contributed by atoms with van der Waals surface area (Å²) >= 11 is 3.07.